The Morgan fingerprint density at radius 1 is 1.50 bits per heavy atom. The SMILES string of the molecule is COc1ccc2nc3n(c2c1)CCS3. The van der Waals surface area contributed by atoms with E-state index in [1.165, 1.54) is 5.52 Å². The van der Waals surface area contributed by atoms with E-state index in [-0.39, 0.29) is 0 Å². The fourth-order valence-corrected chi connectivity index (χ4v) is 2.73. The number of nitrogens with zero attached hydrogens (tertiary/aromatic N) is 2. The highest BCUT2D eigenvalue weighted by molar-refractivity contribution is 7.99. The zero-order valence-electron chi connectivity index (χ0n) is 7.86. The largest absolute Gasteiger partial charge is 0.497 e. The summed E-state index contributed by atoms with van der Waals surface area (Å²) >= 11 is 1.82. The molecular formula is C10H10N2OS. The average Bonchev–Trinajstić information content (AvgIpc) is 2.76. The van der Waals surface area contributed by atoms with E-state index in [1.54, 1.807) is 7.11 Å². The van der Waals surface area contributed by atoms with Crippen LogP contribution in [0.15, 0.2) is 23.4 Å². The first-order valence-electron chi connectivity index (χ1n) is 4.55. The molecule has 1 aromatic heterocycles. The van der Waals surface area contributed by atoms with Crippen LogP contribution in [-0.4, -0.2) is 22.4 Å². The van der Waals surface area contributed by atoms with Crippen molar-refractivity contribution in [2.75, 3.05) is 12.9 Å². The second-order valence-electron chi connectivity index (χ2n) is 3.25. The van der Waals surface area contributed by atoms with E-state index in [0.29, 0.717) is 0 Å². The van der Waals surface area contributed by atoms with Gasteiger partial charge in [0.25, 0.3) is 0 Å². The lowest BCUT2D eigenvalue weighted by atomic mass is 10.3. The molecule has 0 saturated carbocycles. The highest BCUT2D eigenvalue weighted by atomic mass is 32.2. The molecule has 0 spiro atoms. The number of fused-ring (bicyclic) bond motifs is 3. The molecule has 2 aromatic rings. The van der Waals surface area contributed by atoms with Crippen molar-refractivity contribution < 1.29 is 4.74 Å². The van der Waals surface area contributed by atoms with Gasteiger partial charge < -0.3 is 9.30 Å². The van der Waals surface area contributed by atoms with Crippen LogP contribution in [0.4, 0.5) is 0 Å². The fourth-order valence-electron chi connectivity index (χ4n) is 1.76. The van der Waals surface area contributed by atoms with Crippen LogP contribution in [0.25, 0.3) is 11.0 Å². The van der Waals surface area contributed by atoms with Crippen LogP contribution in [0.1, 0.15) is 0 Å². The van der Waals surface area contributed by atoms with E-state index < -0.39 is 0 Å². The van der Waals surface area contributed by atoms with Crippen LogP contribution in [0.2, 0.25) is 0 Å². The van der Waals surface area contributed by atoms with E-state index in [2.05, 4.69) is 15.6 Å². The van der Waals surface area contributed by atoms with E-state index >= 15 is 0 Å². The second-order valence-corrected chi connectivity index (χ2v) is 4.31. The number of rotatable bonds is 1. The zero-order valence-corrected chi connectivity index (χ0v) is 8.67. The molecule has 14 heavy (non-hydrogen) atoms. The molecule has 72 valence electrons. The van der Waals surface area contributed by atoms with Crippen molar-refractivity contribution in [2.45, 2.75) is 11.7 Å². The Bertz CT molecular complexity index is 492. The lowest BCUT2D eigenvalue weighted by Gasteiger charge is -2.00. The van der Waals surface area contributed by atoms with E-state index in [9.17, 15) is 0 Å². The van der Waals surface area contributed by atoms with Crippen LogP contribution in [0.3, 0.4) is 0 Å². The van der Waals surface area contributed by atoms with Gasteiger partial charge in [0, 0.05) is 18.4 Å². The van der Waals surface area contributed by atoms with Gasteiger partial charge in [-0.3, -0.25) is 0 Å². The molecule has 1 aliphatic heterocycles. The summed E-state index contributed by atoms with van der Waals surface area (Å²) < 4.78 is 7.46. The molecule has 0 N–H and O–H groups in total. The lowest BCUT2D eigenvalue weighted by molar-refractivity contribution is 0.415. The van der Waals surface area contributed by atoms with Gasteiger partial charge in [-0.1, -0.05) is 11.8 Å². The number of aromatic nitrogens is 2. The number of methoxy groups -OCH3 is 1. The van der Waals surface area contributed by atoms with Crippen LogP contribution >= 0.6 is 11.8 Å². The van der Waals surface area contributed by atoms with Crippen LogP contribution in [-0.2, 0) is 6.54 Å². The Morgan fingerprint density at radius 2 is 2.43 bits per heavy atom. The Labute approximate surface area is 86.1 Å². The molecule has 0 atom stereocenters. The molecule has 0 aliphatic carbocycles. The number of ether oxygens (including phenoxy) is 1. The minimum Gasteiger partial charge on any atom is -0.497 e. The molecule has 0 amide bonds. The lowest BCUT2D eigenvalue weighted by Crippen LogP contribution is -1.92. The van der Waals surface area contributed by atoms with Crippen molar-refractivity contribution in [1.29, 1.82) is 0 Å². The maximum absolute atomic E-state index is 5.20. The number of aryl methyl sites for hydroxylation is 1. The summed E-state index contributed by atoms with van der Waals surface area (Å²) in [5.74, 6) is 2.03. The predicted molar refractivity (Wildman–Crippen MR) is 57.0 cm³/mol. The van der Waals surface area contributed by atoms with Crippen molar-refractivity contribution >= 4 is 22.8 Å². The molecule has 0 unspecified atom stereocenters. The van der Waals surface area contributed by atoms with Gasteiger partial charge >= 0.3 is 0 Å². The third kappa shape index (κ3) is 1.04. The van der Waals surface area contributed by atoms with Gasteiger partial charge in [-0.05, 0) is 12.1 Å². The maximum Gasteiger partial charge on any atom is 0.169 e. The first-order valence-corrected chi connectivity index (χ1v) is 5.54. The third-order valence-electron chi connectivity index (χ3n) is 2.47. The van der Waals surface area contributed by atoms with E-state index in [1.807, 2.05) is 23.9 Å². The van der Waals surface area contributed by atoms with Gasteiger partial charge in [0.2, 0.25) is 0 Å². The minimum absolute atomic E-state index is 0.900. The van der Waals surface area contributed by atoms with Crippen molar-refractivity contribution in [1.82, 2.24) is 9.55 Å². The normalized spacial score (nSPS) is 14.6. The summed E-state index contributed by atoms with van der Waals surface area (Å²) in [5, 5.41) is 1.13. The first kappa shape index (κ1) is 8.17. The number of benzene rings is 1. The van der Waals surface area contributed by atoms with Crippen molar-refractivity contribution in [3.8, 4) is 5.75 Å². The average molecular weight is 206 g/mol. The highest BCUT2D eigenvalue weighted by Gasteiger charge is 2.16. The molecule has 4 heteroatoms. The summed E-state index contributed by atoms with van der Waals surface area (Å²) in [6, 6.07) is 6.02. The predicted octanol–water partition coefficient (Wildman–Crippen LogP) is 2.15. The Morgan fingerprint density at radius 3 is 3.29 bits per heavy atom. The number of thioether (sulfide) groups is 1. The summed E-state index contributed by atoms with van der Waals surface area (Å²) in [4.78, 5) is 4.54. The molecule has 2 heterocycles. The molecule has 1 aliphatic rings. The van der Waals surface area contributed by atoms with Crippen molar-refractivity contribution in [3.63, 3.8) is 0 Å². The number of hydrogen-bond acceptors (Lipinski definition) is 3. The summed E-state index contributed by atoms with van der Waals surface area (Å²) in [6.07, 6.45) is 0. The molecule has 1 aromatic carbocycles. The minimum atomic E-state index is 0.900. The van der Waals surface area contributed by atoms with Gasteiger partial charge in [-0.2, -0.15) is 0 Å². The van der Waals surface area contributed by atoms with Gasteiger partial charge in [-0.15, -0.1) is 0 Å². The van der Waals surface area contributed by atoms with Crippen LogP contribution < -0.4 is 4.74 Å². The third-order valence-corrected chi connectivity index (χ3v) is 3.42. The maximum atomic E-state index is 5.20. The molecule has 3 nitrogen and oxygen atoms in total. The van der Waals surface area contributed by atoms with Crippen molar-refractivity contribution in [2.24, 2.45) is 0 Å². The standard InChI is InChI=1S/C10H10N2OS/c1-13-7-2-3-8-9(6-7)12-4-5-14-10(12)11-8/h2-3,6H,4-5H2,1H3. The molecule has 0 radical (unpaired) electrons. The summed E-state index contributed by atoms with van der Waals surface area (Å²) in [5.41, 5.74) is 2.25. The van der Waals surface area contributed by atoms with Gasteiger partial charge in [0.05, 0.1) is 18.1 Å². The van der Waals surface area contributed by atoms with Gasteiger partial charge in [0.15, 0.2) is 5.16 Å². The number of hydrogen-bond donors (Lipinski definition) is 0. The topological polar surface area (TPSA) is 27.1 Å². The van der Waals surface area contributed by atoms with Crippen LogP contribution in [0, 0.1) is 0 Å². The molecular weight excluding hydrogens is 196 g/mol. The zero-order chi connectivity index (χ0) is 9.54. The fraction of sp³-hybridized carbons (Fsp3) is 0.300. The monoisotopic (exact) mass is 206 g/mol. The summed E-state index contributed by atoms with van der Waals surface area (Å²) in [7, 11) is 1.69. The number of imidazole rings is 1. The second kappa shape index (κ2) is 2.92. The van der Waals surface area contributed by atoms with Gasteiger partial charge in [-0.25, -0.2) is 4.98 Å². The quantitative estimate of drug-likeness (QED) is 0.715. The Balaban J connectivity index is 2.29. The Hall–Kier alpha value is -1.16. The first-order chi connectivity index (χ1) is 6.88. The molecule has 0 saturated heterocycles. The molecule has 3 rings (SSSR count). The smallest absolute Gasteiger partial charge is 0.169 e. The van der Waals surface area contributed by atoms with E-state index in [0.717, 1.165) is 28.7 Å². The molecule has 0 bridgehead atoms. The summed E-state index contributed by atoms with van der Waals surface area (Å²) in [6.45, 7) is 1.06. The van der Waals surface area contributed by atoms with Crippen LogP contribution in [0.5, 0.6) is 5.75 Å². The van der Waals surface area contributed by atoms with Crippen molar-refractivity contribution in [3.05, 3.63) is 18.2 Å². The highest BCUT2D eigenvalue weighted by Crippen LogP contribution is 2.31. The van der Waals surface area contributed by atoms with E-state index in [4.69, 9.17) is 4.74 Å². The molecule has 0 fully saturated rings. The van der Waals surface area contributed by atoms with Gasteiger partial charge in [0.1, 0.15) is 5.75 Å². The Kier molecular flexibility index (Phi) is 1.70.